The average molecular weight is 299 g/mol. The van der Waals surface area contributed by atoms with Crippen LogP contribution in [0, 0.1) is 5.92 Å². The SMILES string of the molecule is CCCC(CCNC(=O)N1CCN(C)CC1)CCC(=O)O. The number of amides is 2. The molecular weight excluding hydrogens is 270 g/mol. The van der Waals surface area contributed by atoms with Gasteiger partial charge in [-0.2, -0.15) is 0 Å². The van der Waals surface area contributed by atoms with Crippen LogP contribution in [0.15, 0.2) is 0 Å². The Hall–Kier alpha value is -1.30. The second kappa shape index (κ2) is 9.60. The van der Waals surface area contributed by atoms with Crippen molar-refractivity contribution in [2.75, 3.05) is 39.8 Å². The quantitative estimate of drug-likeness (QED) is 0.714. The molecule has 0 aromatic heterocycles. The number of aliphatic carboxylic acids is 1. The van der Waals surface area contributed by atoms with Gasteiger partial charge in [0.05, 0.1) is 0 Å². The number of hydrogen-bond donors (Lipinski definition) is 2. The summed E-state index contributed by atoms with van der Waals surface area (Å²) < 4.78 is 0. The van der Waals surface area contributed by atoms with Gasteiger partial charge in [-0.1, -0.05) is 19.8 Å². The standard InChI is InChI=1S/C15H29N3O3/c1-3-4-13(5-6-14(19)20)7-8-16-15(21)18-11-9-17(2)10-12-18/h13H,3-12H2,1-2H3,(H,16,21)(H,19,20). The maximum atomic E-state index is 12.0. The van der Waals surface area contributed by atoms with Crippen LogP contribution >= 0.6 is 0 Å². The van der Waals surface area contributed by atoms with Crippen LogP contribution in [-0.2, 0) is 4.79 Å². The maximum Gasteiger partial charge on any atom is 0.317 e. The van der Waals surface area contributed by atoms with Gasteiger partial charge in [-0.3, -0.25) is 4.79 Å². The highest BCUT2D eigenvalue weighted by Crippen LogP contribution is 2.17. The van der Waals surface area contributed by atoms with E-state index in [2.05, 4.69) is 24.2 Å². The van der Waals surface area contributed by atoms with E-state index in [-0.39, 0.29) is 12.5 Å². The number of carboxylic acids is 1. The third-order valence-corrected chi connectivity index (χ3v) is 4.08. The highest BCUT2D eigenvalue weighted by atomic mass is 16.4. The van der Waals surface area contributed by atoms with Crippen LogP contribution in [0.5, 0.6) is 0 Å². The number of carboxylic acid groups (broad SMARTS) is 1. The molecule has 0 aliphatic carbocycles. The minimum atomic E-state index is -0.738. The molecule has 0 saturated carbocycles. The highest BCUT2D eigenvalue weighted by molar-refractivity contribution is 5.74. The predicted octanol–water partition coefficient (Wildman–Crippen LogP) is 1.61. The van der Waals surface area contributed by atoms with Crippen LogP contribution in [0.2, 0.25) is 0 Å². The summed E-state index contributed by atoms with van der Waals surface area (Å²) in [4.78, 5) is 26.7. The van der Waals surface area contributed by atoms with Crippen LogP contribution in [0.3, 0.4) is 0 Å². The van der Waals surface area contributed by atoms with E-state index < -0.39 is 5.97 Å². The Balaban J connectivity index is 2.22. The predicted molar refractivity (Wildman–Crippen MR) is 82.4 cm³/mol. The lowest BCUT2D eigenvalue weighted by Gasteiger charge is -2.32. The number of urea groups is 1. The second-order valence-corrected chi connectivity index (χ2v) is 5.90. The molecule has 0 spiro atoms. The van der Waals surface area contributed by atoms with E-state index in [0.717, 1.165) is 45.4 Å². The maximum absolute atomic E-state index is 12.0. The van der Waals surface area contributed by atoms with E-state index >= 15 is 0 Å². The summed E-state index contributed by atoms with van der Waals surface area (Å²) in [5, 5.41) is 11.7. The fourth-order valence-electron chi connectivity index (χ4n) is 2.67. The van der Waals surface area contributed by atoms with Gasteiger partial charge in [0.2, 0.25) is 0 Å². The Morgan fingerprint density at radius 1 is 1.14 bits per heavy atom. The molecule has 1 rings (SSSR count). The van der Waals surface area contributed by atoms with Gasteiger partial charge >= 0.3 is 12.0 Å². The van der Waals surface area contributed by atoms with Crippen molar-refractivity contribution in [1.29, 1.82) is 0 Å². The van der Waals surface area contributed by atoms with Crippen molar-refractivity contribution >= 4 is 12.0 Å². The Morgan fingerprint density at radius 3 is 2.38 bits per heavy atom. The first-order valence-electron chi connectivity index (χ1n) is 7.96. The number of piperazine rings is 1. The molecule has 0 bridgehead atoms. The van der Waals surface area contributed by atoms with Crippen LogP contribution < -0.4 is 5.32 Å². The van der Waals surface area contributed by atoms with Gasteiger partial charge in [0, 0.05) is 39.1 Å². The number of nitrogens with zero attached hydrogens (tertiary/aromatic N) is 2. The molecule has 6 nitrogen and oxygen atoms in total. The minimum Gasteiger partial charge on any atom is -0.481 e. The summed E-state index contributed by atoms with van der Waals surface area (Å²) in [6.07, 6.45) is 3.86. The molecule has 1 atom stereocenters. The number of likely N-dealkylation sites (N-methyl/N-ethyl adjacent to an activating group) is 1. The summed E-state index contributed by atoms with van der Waals surface area (Å²) in [5.74, 6) is -0.350. The van der Waals surface area contributed by atoms with Crippen molar-refractivity contribution in [3.8, 4) is 0 Å². The van der Waals surface area contributed by atoms with Crippen molar-refractivity contribution in [1.82, 2.24) is 15.1 Å². The Kier molecular flexibility index (Phi) is 8.12. The molecule has 1 fully saturated rings. The van der Waals surface area contributed by atoms with Gasteiger partial charge in [0.25, 0.3) is 0 Å². The van der Waals surface area contributed by atoms with Gasteiger partial charge < -0.3 is 20.2 Å². The third kappa shape index (κ3) is 7.32. The van der Waals surface area contributed by atoms with E-state index in [1.165, 1.54) is 0 Å². The lowest BCUT2D eigenvalue weighted by Crippen LogP contribution is -2.50. The highest BCUT2D eigenvalue weighted by Gasteiger charge is 2.18. The van der Waals surface area contributed by atoms with E-state index in [1.807, 2.05) is 4.90 Å². The molecule has 1 aliphatic heterocycles. The molecule has 122 valence electrons. The monoisotopic (exact) mass is 299 g/mol. The zero-order chi connectivity index (χ0) is 15.7. The fraction of sp³-hybridized carbons (Fsp3) is 0.867. The molecule has 21 heavy (non-hydrogen) atoms. The van der Waals surface area contributed by atoms with Gasteiger partial charge in [-0.25, -0.2) is 4.79 Å². The molecule has 1 saturated heterocycles. The molecule has 1 unspecified atom stereocenters. The zero-order valence-electron chi connectivity index (χ0n) is 13.3. The van der Waals surface area contributed by atoms with Crippen molar-refractivity contribution in [2.45, 2.75) is 39.0 Å². The van der Waals surface area contributed by atoms with Gasteiger partial charge in [0.1, 0.15) is 0 Å². The topological polar surface area (TPSA) is 72.9 Å². The molecular formula is C15H29N3O3. The molecule has 0 aromatic carbocycles. The number of carbonyl (C=O) groups excluding carboxylic acids is 1. The molecule has 2 amide bonds. The number of rotatable bonds is 8. The van der Waals surface area contributed by atoms with Crippen molar-refractivity contribution in [3.63, 3.8) is 0 Å². The largest absolute Gasteiger partial charge is 0.481 e. The molecule has 2 N–H and O–H groups in total. The lowest BCUT2D eigenvalue weighted by molar-refractivity contribution is -0.137. The first-order valence-corrected chi connectivity index (χ1v) is 7.96. The van der Waals surface area contributed by atoms with Crippen LogP contribution in [0.1, 0.15) is 39.0 Å². The Labute approximate surface area is 127 Å². The molecule has 6 heteroatoms. The van der Waals surface area contributed by atoms with Gasteiger partial charge in [0.15, 0.2) is 0 Å². The number of nitrogens with one attached hydrogen (secondary N) is 1. The third-order valence-electron chi connectivity index (χ3n) is 4.08. The van der Waals surface area contributed by atoms with E-state index in [0.29, 0.717) is 18.9 Å². The summed E-state index contributed by atoms with van der Waals surface area (Å²) in [6, 6.07) is 0.0107. The van der Waals surface area contributed by atoms with E-state index in [1.54, 1.807) is 0 Å². The smallest absolute Gasteiger partial charge is 0.317 e. The Bertz CT molecular complexity index is 328. The fourth-order valence-corrected chi connectivity index (χ4v) is 2.67. The minimum absolute atomic E-state index is 0.0107. The van der Waals surface area contributed by atoms with Crippen molar-refractivity contribution in [2.24, 2.45) is 5.92 Å². The zero-order valence-corrected chi connectivity index (χ0v) is 13.3. The van der Waals surface area contributed by atoms with Crippen molar-refractivity contribution in [3.05, 3.63) is 0 Å². The van der Waals surface area contributed by atoms with Crippen LogP contribution in [0.25, 0.3) is 0 Å². The first kappa shape index (κ1) is 17.8. The molecule has 1 aliphatic rings. The summed E-state index contributed by atoms with van der Waals surface area (Å²) in [7, 11) is 2.06. The number of hydrogen-bond acceptors (Lipinski definition) is 3. The van der Waals surface area contributed by atoms with Crippen LogP contribution in [0.4, 0.5) is 4.79 Å². The molecule has 0 radical (unpaired) electrons. The summed E-state index contributed by atoms with van der Waals surface area (Å²) >= 11 is 0. The van der Waals surface area contributed by atoms with Crippen LogP contribution in [-0.4, -0.2) is 66.7 Å². The summed E-state index contributed by atoms with van der Waals surface area (Å²) in [5.41, 5.74) is 0. The second-order valence-electron chi connectivity index (χ2n) is 5.90. The van der Waals surface area contributed by atoms with Gasteiger partial charge in [-0.05, 0) is 25.8 Å². The van der Waals surface area contributed by atoms with Crippen molar-refractivity contribution < 1.29 is 14.7 Å². The normalized spacial score (nSPS) is 17.5. The Morgan fingerprint density at radius 2 is 1.81 bits per heavy atom. The molecule has 1 heterocycles. The average Bonchev–Trinajstić information content (AvgIpc) is 2.45. The summed E-state index contributed by atoms with van der Waals surface area (Å²) in [6.45, 7) is 6.14. The van der Waals surface area contributed by atoms with E-state index in [9.17, 15) is 9.59 Å². The lowest BCUT2D eigenvalue weighted by atomic mass is 9.94. The van der Waals surface area contributed by atoms with E-state index in [4.69, 9.17) is 5.11 Å². The van der Waals surface area contributed by atoms with Gasteiger partial charge in [-0.15, -0.1) is 0 Å². The first-order chi connectivity index (χ1) is 10.0. The number of carbonyl (C=O) groups is 2. The molecule has 0 aromatic rings.